The van der Waals surface area contributed by atoms with Crippen LogP contribution in [0.1, 0.15) is 11.1 Å². The van der Waals surface area contributed by atoms with Crippen molar-refractivity contribution in [1.29, 1.82) is 0 Å². The molecule has 0 saturated heterocycles. The van der Waals surface area contributed by atoms with Crippen LogP contribution in [0.3, 0.4) is 0 Å². The molecule has 0 saturated carbocycles. The molecule has 0 aliphatic carbocycles. The highest BCUT2D eigenvalue weighted by Gasteiger charge is 2.11. The number of amides is 1. The average Bonchev–Trinajstić information content (AvgIpc) is 3.03. The van der Waals surface area contributed by atoms with Crippen LogP contribution in [-0.4, -0.2) is 16.1 Å². The van der Waals surface area contributed by atoms with Crippen molar-refractivity contribution in [3.05, 3.63) is 71.5 Å². The highest BCUT2D eigenvalue weighted by molar-refractivity contribution is 8.00. The van der Waals surface area contributed by atoms with Crippen molar-refractivity contribution in [2.45, 2.75) is 16.5 Å². The van der Waals surface area contributed by atoms with Gasteiger partial charge < -0.3 is 5.32 Å². The lowest BCUT2D eigenvalue weighted by Crippen LogP contribution is -2.15. The molecule has 122 valence electrons. The van der Waals surface area contributed by atoms with Crippen molar-refractivity contribution < 1.29 is 9.18 Å². The third kappa shape index (κ3) is 4.62. The third-order valence-electron chi connectivity index (χ3n) is 3.17. The van der Waals surface area contributed by atoms with Gasteiger partial charge >= 0.3 is 0 Å². The van der Waals surface area contributed by atoms with Gasteiger partial charge in [0.15, 0.2) is 4.34 Å². The van der Waals surface area contributed by atoms with Gasteiger partial charge in [-0.05, 0) is 17.2 Å². The fourth-order valence-electron chi connectivity index (χ4n) is 2.02. The van der Waals surface area contributed by atoms with Crippen LogP contribution in [0.5, 0.6) is 0 Å². The summed E-state index contributed by atoms with van der Waals surface area (Å²) < 4.78 is 14.3. The smallest absolute Gasteiger partial charge is 0.230 e. The van der Waals surface area contributed by atoms with Crippen molar-refractivity contribution >= 4 is 34.1 Å². The molecule has 24 heavy (non-hydrogen) atoms. The van der Waals surface area contributed by atoms with E-state index in [4.69, 9.17) is 0 Å². The molecule has 1 heterocycles. The van der Waals surface area contributed by atoms with Gasteiger partial charge in [0, 0.05) is 5.75 Å². The number of nitrogens with one attached hydrogen (secondary N) is 1. The highest BCUT2D eigenvalue weighted by atomic mass is 32.2. The van der Waals surface area contributed by atoms with Gasteiger partial charge in [0.1, 0.15) is 5.82 Å². The molecule has 0 unspecified atom stereocenters. The Morgan fingerprint density at radius 3 is 2.62 bits per heavy atom. The fourth-order valence-corrected chi connectivity index (χ4v) is 3.74. The van der Waals surface area contributed by atoms with Crippen LogP contribution < -0.4 is 5.32 Å². The molecule has 0 bridgehead atoms. The van der Waals surface area contributed by atoms with E-state index in [1.54, 1.807) is 30.0 Å². The Morgan fingerprint density at radius 1 is 1.08 bits per heavy atom. The minimum Gasteiger partial charge on any atom is -0.300 e. The number of thioether (sulfide) groups is 1. The van der Waals surface area contributed by atoms with Gasteiger partial charge in [-0.3, -0.25) is 4.79 Å². The Hall–Kier alpha value is -2.25. The van der Waals surface area contributed by atoms with Crippen molar-refractivity contribution in [2.24, 2.45) is 0 Å². The summed E-state index contributed by atoms with van der Waals surface area (Å²) in [6, 6.07) is 16.3. The summed E-state index contributed by atoms with van der Waals surface area (Å²) in [7, 11) is 0. The third-order valence-corrected chi connectivity index (χ3v) is 5.21. The molecular formula is C17H14FN3OS2. The number of nitrogens with zero attached hydrogens (tertiary/aromatic N) is 2. The molecule has 0 radical (unpaired) electrons. The van der Waals surface area contributed by atoms with Crippen LogP contribution in [0, 0.1) is 5.82 Å². The number of rotatable bonds is 6. The lowest BCUT2D eigenvalue weighted by Gasteiger charge is -2.02. The van der Waals surface area contributed by atoms with E-state index >= 15 is 0 Å². The highest BCUT2D eigenvalue weighted by Crippen LogP contribution is 2.28. The second-order valence-corrected chi connectivity index (χ2v) is 7.16. The van der Waals surface area contributed by atoms with Gasteiger partial charge in [0.25, 0.3) is 0 Å². The molecule has 1 aromatic heterocycles. The molecule has 0 atom stereocenters. The van der Waals surface area contributed by atoms with Gasteiger partial charge in [-0.15, -0.1) is 10.2 Å². The average molecular weight is 359 g/mol. The lowest BCUT2D eigenvalue weighted by molar-refractivity contribution is -0.115. The van der Waals surface area contributed by atoms with E-state index in [1.165, 1.54) is 23.0 Å². The van der Waals surface area contributed by atoms with Gasteiger partial charge in [-0.25, -0.2) is 4.39 Å². The van der Waals surface area contributed by atoms with E-state index < -0.39 is 0 Å². The van der Waals surface area contributed by atoms with Crippen LogP contribution in [0.2, 0.25) is 0 Å². The van der Waals surface area contributed by atoms with Crippen LogP contribution in [-0.2, 0) is 17.0 Å². The standard InChI is InChI=1S/C17H14FN3OS2/c18-14-9-5-4-8-13(14)10-15(22)19-16-20-21-17(24-16)23-11-12-6-2-1-3-7-12/h1-9H,10-11H2,(H,19,20,22). The molecule has 3 aromatic rings. The second-order valence-electron chi connectivity index (χ2n) is 4.96. The fraction of sp³-hybridized carbons (Fsp3) is 0.118. The Bertz CT molecular complexity index is 823. The van der Waals surface area contributed by atoms with E-state index in [0.29, 0.717) is 10.7 Å². The van der Waals surface area contributed by atoms with E-state index in [-0.39, 0.29) is 18.1 Å². The maximum atomic E-state index is 13.5. The molecule has 1 amide bonds. The summed E-state index contributed by atoms with van der Waals surface area (Å²) in [4.78, 5) is 12.0. The number of anilines is 1. The molecule has 2 aromatic carbocycles. The van der Waals surface area contributed by atoms with E-state index in [2.05, 4.69) is 15.5 Å². The first kappa shape index (κ1) is 16.6. The second kappa shape index (κ2) is 8.03. The Balaban J connectivity index is 1.54. The molecular weight excluding hydrogens is 345 g/mol. The van der Waals surface area contributed by atoms with Crippen LogP contribution >= 0.6 is 23.1 Å². The summed E-state index contributed by atoms with van der Waals surface area (Å²) in [6.07, 6.45) is -0.0290. The molecule has 4 nitrogen and oxygen atoms in total. The van der Waals surface area contributed by atoms with Gasteiger partial charge in [-0.1, -0.05) is 71.6 Å². The summed E-state index contributed by atoms with van der Waals surface area (Å²) in [5.41, 5.74) is 1.56. The van der Waals surface area contributed by atoms with Crippen LogP contribution in [0.25, 0.3) is 0 Å². The Kier molecular flexibility index (Phi) is 5.55. The van der Waals surface area contributed by atoms with Crippen molar-refractivity contribution in [1.82, 2.24) is 10.2 Å². The molecule has 0 spiro atoms. The zero-order chi connectivity index (χ0) is 16.8. The van der Waals surface area contributed by atoms with Crippen LogP contribution in [0.4, 0.5) is 9.52 Å². The number of carbonyl (C=O) groups is 1. The minimum absolute atomic E-state index is 0.0290. The van der Waals surface area contributed by atoms with Crippen molar-refractivity contribution in [3.8, 4) is 0 Å². The van der Waals surface area contributed by atoms with Gasteiger partial charge in [-0.2, -0.15) is 0 Å². The maximum absolute atomic E-state index is 13.5. The topological polar surface area (TPSA) is 54.9 Å². The van der Waals surface area contributed by atoms with Crippen molar-refractivity contribution in [2.75, 3.05) is 5.32 Å². The minimum atomic E-state index is -0.385. The number of carbonyl (C=O) groups excluding carboxylic acids is 1. The molecule has 0 aliphatic heterocycles. The number of aromatic nitrogens is 2. The zero-order valence-electron chi connectivity index (χ0n) is 12.6. The molecule has 3 rings (SSSR count). The quantitative estimate of drug-likeness (QED) is 0.531. The normalized spacial score (nSPS) is 10.5. The Morgan fingerprint density at radius 2 is 1.83 bits per heavy atom. The first-order chi connectivity index (χ1) is 11.7. The predicted octanol–water partition coefficient (Wildman–Crippen LogP) is 4.15. The lowest BCUT2D eigenvalue weighted by atomic mass is 10.1. The number of benzene rings is 2. The van der Waals surface area contributed by atoms with Gasteiger partial charge in [0.2, 0.25) is 11.0 Å². The maximum Gasteiger partial charge on any atom is 0.230 e. The SMILES string of the molecule is O=C(Cc1ccccc1F)Nc1nnc(SCc2ccccc2)s1. The summed E-state index contributed by atoms with van der Waals surface area (Å²) in [5.74, 6) is 0.0958. The summed E-state index contributed by atoms with van der Waals surface area (Å²) >= 11 is 2.87. The Labute approximate surface area is 147 Å². The summed E-state index contributed by atoms with van der Waals surface area (Å²) in [6.45, 7) is 0. The molecule has 0 aliphatic rings. The molecule has 1 N–H and O–H groups in total. The van der Waals surface area contributed by atoms with Gasteiger partial charge in [0.05, 0.1) is 6.42 Å². The largest absolute Gasteiger partial charge is 0.300 e. The predicted molar refractivity (Wildman–Crippen MR) is 94.6 cm³/mol. The van der Waals surface area contributed by atoms with Crippen LogP contribution in [0.15, 0.2) is 58.9 Å². The molecule has 7 heteroatoms. The first-order valence-corrected chi connectivity index (χ1v) is 9.04. The van der Waals surface area contributed by atoms with E-state index in [0.717, 1.165) is 10.1 Å². The number of hydrogen-bond donors (Lipinski definition) is 1. The van der Waals surface area contributed by atoms with E-state index in [1.807, 2.05) is 30.3 Å². The molecule has 0 fully saturated rings. The zero-order valence-corrected chi connectivity index (χ0v) is 14.2. The first-order valence-electron chi connectivity index (χ1n) is 7.24. The monoisotopic (exact) mass is 359 g/mol. The van der Waals surface area contributed by atoms with Crippen molar-refractivity contribution in [3.63, 3.8) is 0 Å². The van der Waals surface area contributed by atoms with E-state index in [9.17, 15) is 9.18 Å². The summed E-state index contributed by atoms with van der Waals surface area (Å²) in [5, 5.41) is 11.1. The number of hydrogen-bond acceptors (Lipinski definition) is 5. The number of halogens is 1.